The molecule has 0 atom stereocenters. The average Bonchev–Trinajstić information content (AvgIpc) is 3.00. The van der Waals surface area contributed by atoms with Crippen molar-refractivity contribution in [2.45, 2.75) is 25.7 Å². The first-order chi connectivity index (χ1) is 12.5. The topological polar surface area (TPSA) is 118 Å². The highest BCUT2D eigenvalue weighted by atomic mass is 32.1. The van der Waals surface area contributed by atoms with E-state index >= 15 is 0 Å². The zero-order chi connectivity index (χ0) is 18.4. The van der Waals surface area contributed by atoms with Gasteiger partial charge in [-0.3, -0.25) is 14.9 Å². The maximum Gasteiger partial charge on any atom is 0.315 e. The van der Waals surface area contributed by atoms with Gasteiger partial charge in [0.1, 0.15) is 10.7 Å². The molecule has 8 nitrogen and oxygen atoms in total. The summed E-state index contributed by atoms with van der Waals surface area (Å²) in [5, 5.41) is 21.7. The van der Waals surface area contributed by atoms with Gasteiger partial charge in [0.05, 0.1) is 17.4 Å². The maximum atomic E-state index is 12.6. The standard InChI is InChI=1S/C17H15N3O5S/c1-25-11-7-8(6-10(14(11)21)20(23)24)15-18-16(22)13-9-4-2-3-5-12(9)26-17(13)19-15/h6-7,21H,2-5H2,1H3,(H,18,19,22). The van der Waals surface area contributed by atoms with Gasteiger partial charge in [-0.2, -0.15) is 0 Å². The zero-order valence-corrected chi connectivity index (χ0v) is 14.7. The zero-order valence-electron chi connectivity index (χ0n) is 13.9. The monoisotopic (exact) mass is 373 g/mol. The highest BCUT2D eigenvalue weighted by Gasteiger charge is 2.23. The number of aromatic amines is 1. The number of fused-ring (bicyclic) bond motifs is 3. The van der Waals surface area contributed by atoms with E-state index in [9.17, 15) is 20.0 Å². The van der Waals surface area contributed by atoms with Crippen molar-refractivity contribution >= 4 is 27.2 Å². The maximum absolute atomic E-state index is 12.6. The number of nitrogens with zero attached hydrogens (tertiary/aromatic N) is 2. The molecule has 0 saturated carbocycles. The lowest BCUT2D eigenvalue weighted by Crippen LogP contribution is -2.11. The van der Waals surface area contributed by atoms with Crippen LogP contribution in [0.3, 0.4) is 0 Å². The Morgan fingerprint density at radius 3 is 2.85 bits per heavy atom. The molecule has 0 radical (unpaired) electrons. The Morgan fingerprint density at radius 2 is 2.12 bits per heavy atom. The van der Waals surface area contributed by atoms with Crippen LogP contribution in [0.4, 0.5) is 5.69 Å². The molecule has 0 unspecified atom stereocenters. The van der Waals surface area contributed by atoms with Crippen molar-refractivity contribution in [3.05, 3.63) is 43.0 Å². The number of rotatable bonds is 3. The molecule has 0 aliphatic heterocycles. The highest BCUT2D eigenvalue weighted by Crippen LogP contribution is 2.40. The summed E-state index contributed by atoms with van der Waals surface area (Å²) in [5.74, 6) is -0.402. The number of nitro benzene ring substituents is 1. The lowest BCUT2D eigenvalue weighted by Gasteiger charge is -2.09. The number of hydrogen-bond acceptors (Lipinski definition) is 7. The van der Waals surface area contributed by atoms with Gasteiger partial charge in [-0.25, -0.2) is 4.98 Å². The van der Waals surface area contributed by atoms with E-state index in [4.69, 9.17) is 4.74 Å². The Labute approximate surface area is 151 Å². The molecular formula is C17H15N3O5S. The fourth-order valence-electron chi connectivity index (χ4n) is 3.33. The van der Waals surface area contributed by atoms with Gasteiger partial charge in [0, 0.05) is 16.5 Å². The van der Waals surface area contributed by atoms with Crippen molar-refractivity contribution in [2.75, 3.05) is 7.11 Å². The molecule has 1 aromatic carbocycles. The molecule has 9 heteroatoms. The third-order valence-corrected chi connectivity index (χ3v) is 5.76. The van der Waals surface area contributed by atoms with Crippen LogP contribution in [-0.4, -0.2) is 27.1 Å². The number of aromatic nitrogens is 2. The second-order valence-corrected chi connectivity index (χ2v) is 7.19. The summed E-state index contributed by atoms with van der Waals surface area (Å²) < 4.78 is 5.01. The number of thiophene rings is 1. The molecular weight excluding hydrogens is 358 g/mol. The molecule has 134 valence electrons. The SMILES string of the molecule is COc1cc(-c2nc3sc4c(c3c(=O)[nH]2)CCCC4)cc([N+](=O)[O-])c1O. The smallest absolute Gasteiger partial charge is 0.315 e. The van der Waals surface area contributed by atoms with Crippen LogP contribution in [0, 0.1) is 10.1 Å². The van der Waals surface area contributed by atoms with Gasteiger partial charge in [0.15, 0.2) is 5.75 Å². The first-order valence-electron chi connectivity index (χ1n) is 8.10. The van der Waals surface area contributed by atoms with E-state index in [1.807, 2.05) is 0 Å². The van der Waals surface area contributed by atoms with E-state index in [0.29, 0.717) is 15.8 Å². The lowest BCUT2D eigenvalue weighted by molar-refractivity contribution is -0.385. The van der Waals surface area contributed by atoms with Crippen molar-refractivity contribution in [1.82, 2.24) is 9.97 Å². The van der Waals surface area contributed by atoms with Crippen LogP contribution in [0.25, 0.3) is 21.6 Å². The number of aryl methyl sites for hydroxylation is 2. The molecule has 4 rings (SSSR count). The minimum Gasteiger partial charge on any atom is -0.500 e. The molecule has 0 fully saturated rings. The largest absolute Gasteiger partial charge is 0.500 e. The first-order valence-corrected chi connectivity index (χ1v) is 8.91. The quantitative estimate of drug-likeness (QED) is 0.538. The van der Waals surface area contributed by atoms with E-state index in [0.717, 1.165) is 31.2 Å². The lowest BCUT2D eigenvalue weighted by atomic mass is 9.97. The second-order valence-electron chi connectivity index (χ2n) is 6.11. The number of phenols is 1. The number of methoxy groups -OCH3 is 1. The van der Waals surface area contributed by atoms with Crippen molar-refractivity contribution in [1.29, 1.82) is 0 Å². The third kappa shape index (κ3) is 2.51. The van der Waals surface area contributed by atoms with Gasteiger partial charge in [0.25, 0.3) is 5.56 Å². The van der Waals surface area contributed by atoms with Crippen molar-refractivity contribution in [2.24, 2.45) is 0 Å². The number of aromatic hydroxyl groups is 1. The van der Waals surface area contributed by atoms with Crippen LogP contribution in [0.1, 0.15) is 23.3 Å². The van der Waals surface area contributed by atoms with Crippen LogP contribution in [0.15, 0.2) is 16.9 Å². The van der Waals surface area contributed by atoms with E-state index < -0.39 is 16.4 Å². The van der Waals surface area contributed by atoms with Crippen LogP contribution >= 0.6 is 11.3 Å². The normalized spacial score (nSPS) is 13.6. The molecule has 2 aromatic heterocycles. The molecule has 0 amide bonds. The van der Waals surface area contributed by atoms with Gasteiger partial charge in [-0.05, 0) is 37.3 Å². The summed E-state index contributed by atoms with van der Waals surface area (Å²) >= 11 is 1.50. The fourth-order valence-corrected chi connectivity index (χ4v) is 4.59. The van der Waals surface area contributed by atoms with Crippen molar-refractivity contribution in [3.63, 3.8) is 0 Å². The number of nitro groups is 1. The third-order valence-electron chi connectivity index (χ3n) is 4.57. The van der Waals surface area contributed by atoms with E-state index in [1.165, 1.54) is 35.5 Å². The summed E-state index contributed by atoms with van der Waals surface area (Å²) in [6.07, 6.45) is 3.98. The fraction of sp³-hybridized carbons (Fsp3) is 0.294. The number of phenolic OH excluding ortho intramolecular Hbond substituents is 1. The van der Waals surface area contributed by atoms with Gasteiger partial charge in [-0.1, -0.05) is 0 Å². The van der Waals surface area contributed by atoms with Crippen LogP contribution in [0.2, 0.25) is 0 Å². The predicted molar refractivity (Wildman–Crippen MR) is 97.2 cm³/mol. The van der Waals surface area contributed by atoms with Crippen molar-refractivity contribution in [3.8, 4) is 22.9 Å². The molecule has 26 heavy (non-hydrogen) atoms. The van der Waals surface area contributed by atoms with Crippen LogP contribution in [0.5, 0.6) is 11.5 Å². The van der Waals surface area contributed by atoms with E-state index in [1.54, 1.807) is 0 Å². The Hall–Kier alpha value is -2.94. The van der Waals surface area contributed by atoms with E-state index in [2.05, 4.69) is 9.97 Å². The average molecular weight is 373 g/mol. The molecule has 1 aliphatic rings. The number of nitrogens with one attached hydrogen (secondary N) is 1. The summed E-state index contributed by atoms with van der Waals surface area (Å²) in [4.78, 5) is 32.2. The minimum absolute atomic E-state index is 0.0533. The summed E-state index contributed by atoms with van der Waals surface area (Å²) in [6, 6.07) is 2.59. The van der Waals surface area contributed by atoms with Gasteiger partial charge in [-0.15, -0.1) is 11.3 Å². The molecule has 3 aromatic rings. The Morgan fingerprint density at radius 1 is 1.35 bits per heavy atom. The number of ether oxygens (including phenoxy) is 1. The molecule has 0 spiro atoms. The molecule has 2 heterocycles. The van der Waals surface area contributed by atoms with Gasteiger partial charge in [0.2, 0.25) is 5.75 Å². The Bertz CT molecular complexity index is 1100. The summed E-state index contributed by atoms with van der Waals surface area (Å²) in [6.45, 7) is 0. The number of benzene rings is 1. The highest BCUT2D eigenvalue weighted by molar-refractivity contribution is 7.18. The summed E-state index contributed by atoms with van der Waals surface area (Å²) in [7, 11) is 1.30. The van der Waals surface area contributed by atoms with Gasteiger partial charge >= 0.3 is 5.69 Å². The van der Waals surface area contributed by atoms with Gasteiger partial charge < -0.3 is 14.8 Å². The first kappa shape index (κ1) is 16.5. The number of H-pyrrole nitrogens is 1. The minimum atomic E-state index is -0.707. The Balaban J connectivity index is 1.94. The van der Waals surface area contributed by atoms with Crippen molar-refractivity contribution < 1.29 is 14.8 Å². The Kier molecular flexibility index (Phi) is 3.87. The molecule has 1 aliphatic carbocycles. The second kappa shape index (κ2) is 6.10. The predicted octanol–water partition coefficient (Wildman–Crippen LogP) is 3.15. The molecule has 0 saturated heterocycles. The van der Waals surface area contributed by atoms with Crippen LogP contribution < -0.4 is 10.3 Å². The molecule has 0 bridgehead atoms. The number of hydrogen-bond donors (Lipinski definition) is 2. The van der Waals surface area contributed by atoms with Crippen LogP contribution in [-0.2, 0) is 12.8 Å². The molecule has 2 N–H and O–H groups in total. The van der Waals surface area contributed by atoms with E-state index in [-0.39, 0.29) is 17.1 Å². The summed E-state index contributed by atoms with van der Waals surface area (Å²) in [5.41, 5.74) is 0.620.